The Morgan fingerprint density at radius 3 is 1.81 bits per heavy atom. The molecule has 0 N–H and O–H groups in total. The van der Waals surface area contributed by atoms with Crippen LogP contribution < -0.4 is 20.6 Å². The molecule has 4 nitrogen and oxygen atoms in total. The van der Waals surface area contributed by atoms with Gasteiger partial charge in [0.05, 0.1) is 11.0 Å². The summed E-state index contributed by atoms with van der Waals surface area (Å²) in [6.45, 7) is 23.7. The summed E-state index contributed by atoms with van der Waals surface area (Å²) in [7, 11) is 0. The van der Waals surface area contributed by atoms with Crippen LogP contribution in [0.5, 0.6) is 0 Å². The summed E-state index contributed by atoms with van der Waals surface area (Å²) in [5, 5.41) is 4.82. The highest BCUT2D eigenvalue weighted by molar-refractivity contribution is 6.94. The Kier molecular flexibility index (Phi) is 8.73. The molecule has 0 unspecified atom stereocenters. The van der Waals surface area contributed by atoms with E-state index in [-0.39, 0.29) is 28.5 Å². The summed E-state index contributed by atoms with van der Waals surface area (Å²) < 4.78 is 10.0. The van der Waals surface area contributed by atoms with Crippen molar-refractivity contribution in [3.63, 3.8) is 0 Å². The first-order chi connectivity index (χ1) is 33.0. The van der Waals surface area contributed by atoms with Crippen molar-refractivity contribution in [1.29, 1.82) is 0 Å². The van der Waals surface area contributed by atoms with Gasteiger partial charge < -0.3 is 18.7 Å². The van der Waals surface area contributed by atoms with E-state index in [1.165, 1.54) is 88.6 Å². The lowest BCUT2D eigenvalue weighted by molar-refractivity contribution is 0.332. The van der Waals surface area contributed by atoms with E-state index >= 15 is 0 Å². The molecule has 8 aromatic carbocycles. The van der Waals surface area contributed by atoms with Crippen molar-refractivity contribution in [2.45, 2.75) is 104 Å². The van der Waals surface area contributed by atoms with Crippen LogP contribution in [0.25, 0.3) is 60.6 Å². The number of aromatic nitrogens is 1. The minimum atomic E-state index is -0.149. The van der Waals surface area contributed by atoms with Crippen LogP contribution in [0.3, 0.4) is 0 Å². The second-order valence-corrected chi connectivity index (χ2v) is 23.6. The zero-order valence-corrected chi connectivity index (χ0v) is 41.8. The van der Waals surface area contributed by atoms with Crippen LogP contribution in [0.2, 0.25) is 0 Å². The lowest BCUT2D eigenvalue weighted by Gasteiger charge is -2.46. The topological polar surface area (TPSA) is 24.6 Å². The van der Waals surface area contributed by atoms with E-state index in [1.54, 1.807) is 0 Å². The highest BCUT2D eigenvalue weighted by Crippen LogP contribution is 2.55. The van der Waals surface area contributed by atoms with Gasteiger partial charge in [-0.05, 0) is 140 Å². The van der Waals surface area contributed by atoms with E-state index in [2.05, 4.69) is 241 Å². The maximum Gasteiger partial charge on any atom is 0.333 e. The Hall–Kier alpha value is -6.98. The Balaban J connectivity index is 1.24. The second kappa shape index (κ2) is 14.3. The molecule has 0 saturated carbocycles. The van der Waals surface area contributed by atoms with Gasteiger partial charge in [-0.3, -0.25) is 0 Å². The third-order valence-corrected chi connectivity index (χ3v) is 16.3. The normalized spacial score (nSPS) is 15.7. The summed E-state index contributed by atoms with van der Waals surface area (Å²) in [6, 6.07) is 59.6. The summed E-state index contributed by atoms with van der Waals surface area (Å²) >= 11 is 0. The fourth-order valence-electron chi connectivity index (χ4n) is 12.4. The number of fused-ring (bicyclic) bond motifs is 14. The summed E-state index contributed by atoms with van der Waals surface area (Å²) in [6.07, 6.45) is 2.28. The second-order valence-electron chi connectivity index (χ2n) is 23.6. The molecule has 0 saturated heterocycles. The van der Waals surface area contributed by atoms with Gasteiger partial charge in [-0.15, -0.1) is 0 Å². The summed E-state index contributed by atoms with van der Waals surface area (Å²) in [5.41, 5.74) is 22.0. The van der Waals surface area contributed by atoms with E-state index in [4.69, 9.17) is 4.42 Å². The maximum absolute atomic E-state index is 7.39. The standard InChI is InChI=1S/C64H60BN3O/c1-61(2,3)39-25-28-43(29-26-39)68-53-38-49-48(63(7,8)33-34-64(49,9)10)37-47(53)57-58-59-55(56-46-23-17-18-24-54(46)69-60(56)57)45-31-30-44(66(41-19-13-11-14-20-41)42-21-15-12-16-22-42)36-52(45)67(59)51-32-27-40(62(4,5)6)35-50(51)65(58)68/h11-32,35-38H,33-34H2,1-10H3. The SMILES string of the molecule is CC(C)(C)c1ccc(N2B3c4cc(C(C)(C)C)ccc4-n4c5cc(N(c6ccccc6)c6ccccc6)ccc5c5c6c(oc7ccccc76)c(c3c54)-c3cc4c(cc32)C(C)(C)CCC4(C)C)cc1. The van der Waals surface area contributed by atoms with Crippen LogP contribution in [0.15, 0.2) is 162 Å². The van der Waals surface area contributed by atoms with Crippen molar-refractivity contribution in [2.24, 2.45) is 0 Å². The molecule has 0 bridgehead atoms. The van der Waals surface area contributed by atoms with Crippen LogP contribution in [-0.4, -0.2) is 11.4 Å². The molecule has 0 radical (unpaired) electrons. The first-order valence-corrected chi connectivity index (χ1v) is 25.1. The predicted molar refractivity (Wildman–Crippen MR) is 294 cm³/mol. The molecular weight excluding hydrogens is 838 g/mol. The highest BCUT2D eigenvalue weighted by Gasteiger charge is 2.48. The lowest BCUT2D eigenvalue weighted by atomic mass is 9.43. The Morgan fingerprint density at radius 2 is 1.16 bits per heavy atom. The summed E-state index contributed by atoms with van der Waals surface area (Å²) in [4.78, 5) is 5.12. The van der Waals surface area contributed by atoms with Crippen LogP contribution in [0.1, 0.15) is 104 Å². The van der Waals surface area contributed by atoms with Crippen molar-refractivity contribution >= 4 is 90.0 Å². The maximum atomic E-state index is 7.39. The van der Waals surface area contributed by atoms with Gasteiger partial charge in [-0.25, -0.2) is 0 Å². The number of para-hydroxylation sites is 3. The lowest BCUT2D eigenvalue weighted by Crippen LogP contribution is -2.61. The molecule has 4 heterocycles. The smallest absolute Gasteiger partial charge is 0.333 e. The molecular formula is C64H60BN3O. The third kappa shape index (κ3) is 6.08. The van der Waals surface area contributed by atoms with Gasteiger partial charge in [0.1, 0.15) is 11.2 Å². The van der Waals surface area contributed by atoms with E-state index < -0.39 is 0 Å². The minimum Gasteiger partial charge on any atom is -0.455 e. The quantitative estimate of drug-likeness (QED) is 0.165. The van der Waals surface area contributed by atoms with Crippen LogP contribution in [0, 0.1) is 0 Å². The van der Waals surface area contributed by atoms with Crippen molar-refractivity contribution in [2.75, 3.05) is 9.71 Å². The van der Waals surface area contributed by atoms with Crippen molar-refractivity contribution in [3.8, 4) is 16.8 Å². The number of benzene rings is 8. The van der Waals surface area contributed by atoms with E-state index in [0.29, 0.717) is 0 Å². The first-order valence-electron chi connectivity index (χ1n) is 25.1. The van der Waals surface area contributed by atoms with Crippen LogP contribution in [0.4, 0.5) is 28.4 Å². The predicted octanol–water partition coefficient (Wildman–Crippen LogP) is 16.3. The number of rotatable bonds is 4. The zero-order valence-electron chi connectivity index (χ0n) is 41.8. The third-order valence-electron chi connectivity index (χ3n) is 16.3. The Bertz CT molecular complexity index is 3710. The molecule has 0 spiro atoms. The van der Waals surface area contributed by atoms with Gasteiger partial charge in [0.2, 0.25) is 0 Å². The molecule has 5 heteroatoms. The number of nitrogens with zero attached hydrogens (tertiary/aromatic N) is 3. The van der Waals surface area contributed by atoms with Gasteiger partial charge >= 0.3 is 6.85 Å². The average Bonchev–Trinajstić information content (AvgIpc) is 3.88. The van der Waals surface area contributed by atoms with Gasteiger partial charge in [0.15, 0.2) is 0 Å². The van der Waals surface area contributed by atoms with E-state index in [1.807, 2.05) is 0 Å². The van der Waals surface area contributed by atoms with E-state index in [9.17, 15) is 0 Å². The molecule has 340 valence electrons. The Labute approximate surface area is 407 Å². The van der Waals surface area contributed by atoms with Gasteiger partial charge in [-0.2, -0.15) is 0 Å². The molecule has 0 fully saturated rings. The number of furan rings is 1. The zero-order chi connectivity index (χ0) is 47.5. The molecule has 69 heavy (non-hydrogen) atoms. The highest BCUT2D eigenvalue weighted by atomic mass is 16.3. The Morgan fingerprint density at radius 1 is 0.551 bits per heavy atom. The summed E-state index contributed by atoms with van der Waals surface area (Å²) in [5.74, 6) is 0. The largest absolute Gasteiger partial charge is 0.455 e. The molecule has 10 aromatic rings. The van der Waals surface area contributed by atoms with Gasteiger partial charge in [0, 0.05) is 66.8 Å². The van der Waals surface area contributed by atoms with Crippen LogP contribution >= 0.6 is 0 Å². The number of hydrogen-bond donors (Lipinski definition) is 0. The molecule has 3 aliphatic rings. The van der Waals surface area contributed by atoms with Crippen molar-refractivity contribution in [1.82, 2.24) is 4.57 Å². The first kappa shape index (κ1) is 42.2. The number of anilines is 5. The fourth-order valence-corrected chi connectivity index (χ4v) is 12.4. The van der Waals surface area contributed by atoms with Gasteiger partial charge in [-0.1, -0.05) is 154 Å². The minimum absolute atomic E-state index is 0.00708. The number of hydrogen-bond acceptors (Lipinski definition) is 3. The molecule has 0 amide bonds. The molecule has 13 rings (SSSR count). The molecule has 1 aliphatic carbocycles. The van der Waals surface area contributed by atoms with Gasteiger partial charge in [0.25, 0.3) is 0 Å². The average molecular weight is 898 g/mol. The molecule has 0 atom stereocenters. The van der Waals surface area contributed by atoms with Crippen molar-refractivity contribution < 1.29 is 4.42 Å². The van der Waals surface area contributed by atoms with Crippen molar-refractivity contribution in [3.05, 3.63) is 180 Å². The molecule has 2 aromatic heterocycles. The monoisotopic (exact) mass is 897 g/mol. The van der Waals surface area contributed by atoms with E-state index in [0.717, 1.165) is 46.5 Å². The van der Waals surface area contributed by atoms with Crippen LogP contribution in [-0.2, 0) is 21.7 Å². The fraction of sp³-hybridized carbons (Fsp3) is 0.250. The molecule has 2 aliphatic heterocycles.